The van der Waals surface area contributed by atoms with E-state index in [0.29, 0.717) is 5.95 Å². The maximum absolute atomic E-state index is 8.93. The molecule has 0 saturated heterocycles. The highest BCUT2D eigenvalue weighted by atomic mass is 16.3. The van der Waals surface area contributed by atoms with Crippen LogP contribution >= 0.6 is 0 Å². The van der Waals surface area contributed by atoms with Crippen molar-refractivity contribution in [2.75, 3.05) is 12.4 Å². The third kappa shape index (κ3) is 6.57. The number of nitrogens with zero attached hydrogens (tertiary/aromatic N) is 2. The van der Waals surface area contributed by atoms with Gasteiger partial charge in [0, 0.05) is 18.2 Å². The maximum atomic E-state index is 8.93. The van der Waals surface area contributed by atoms with E-state index in [1.807, 2.05) is 49.5 Å². The molecule has 3 aromatic carbocycles. The summed E-state index contributed by atoms with van der Waals surface area (Å²) in [4.78, 5) is 9.05. The number of nitrogens with one attached hydrogen (secondary N) is 1. The minimum atomic E-state index is -0.114. The molecule has 5 nitrogen and oxygen atoms in total. The molecule has 5 heteroatoms. The lowest BCUT2D eigenvalue weighted by Gasteiger charge is -2.08. The first kappa shape index (κ1) is 23.9. The van der Waals surface area contributed by atoms with Gasteiger partial charge in [-0.2, -0.15) is 0 Å². The van der Waals surface area contributed by atoms with Gasteiger partial charge < -0.3 is 15.5 Å². The highest BCUT2D eigenvalue weighted by molar-refractivity contribution is 5.69. The maximum Gasteiger partial charge on any atom is 0.223 e. The number of phenols is 2. The first-order valence-corrected chi connectivity index (χ1v) is 9.93. The van der Waals surface area contributed by atoms with Gasteiger partial charge in [-0.15, -0.1) is 13.2 Å². The summed E-state index contributed by atoms with van der Waals surface area (Å²) in [6, 6.07) is 26.8. The van der Waals surface area contributed by atoms with E-state index in [0.717, 1.165) is 28.1 Å². The van der Waals surface area contributed by atoms with Crippen molar-refractivity contribution in [3.05, 3.63) is 110 Å². The Balaban J connectivity index is 0.000000255. The number of hydrogen-bond donors (Lipinski definition) is 3. The van der Waals surface area contributed by atoms with Crippen LogP contribution in [0.1, 0.15) is 5.56 Å². The van der Waals surface area contributed by atoms with Crippen LogP contribution in [0.5, 0.6) is 11.5 Å². The molecule has 0 fully saturated rings. The van der Waals surface area contributed by atoms with E-state index in [1.165, 1.54) is 12.1 Å². The predicted molar refractivity (Wildman–Crippen MR) is 134 cm³/mol. The Morgan fingerprint density at radius 3 is 1.62 bits per heavy atom. The van der Waals surface area contributed by atoms with Crippen LogP contribution in [0.2, 0.25) is 0 Å². The second-order valence-corrected chi connectivity index (χ2v) is 6.40. The highest BCUT2D eigenvalue weighted by Gasteiger charge is 2.07. The number of anilines is 1. The van der Waals surface area contributed by atoms with E-state index in [-0.39, 0.29) is 11.5 Å². The number of benzene rings is 3. The second kappa shape index (κ2) is 12.3. The van der Waals surface area contributed by atoms with Crippen LogP contribution in [0.25, 0.3) is 28.6 Å². The van der Waals surface area contributed by atoms with E-state index < -0.39 is 0 Å². The van der Waals surface area contributed by atoms with Crippen LogP contribution in [0.15, 0.2) is 105 Å². The van der Waals surface area contributed by atoms with Crippen molar-refractivity contribution in [3.8, 4) is 34.0 Å². The molecule has 32 heavy (non-hydrogen) atoms. The van der Waals surface area contributed by atoms with Crippen LogP contribution < -0.4 is 5.32 Å². The molecule has 0 bridgehead atoms. The number of rotatable bonds is 4. The van der Waals surface area contributed by atoms with E-state index in [1.54, 1.807) is 12.1 Å². The molecule has 0 aliphatic carbocycles. The van der Waals surface area contributed by atoms with Gasteiger partial charge in [-0.25, -0.2) is 9.97 Å². The van der Waals surface area contributed by atoms with Gasteiger partial charge in [0.1, 0.15) is 0 Å². The van der Waals surface area contributed by atoms with Crippen molar-refractivity contribution in [2.24, 2.45) is 0 Å². The molecule has 3 N–H and O–H groups in total. The fourth-order valence-electron chi connectivity index (χ4n) is 2.74. The molecule has 0 atom stereocenters. The van der Waals surface area contributed by atoms with Crippen molar-refractivity contribution in [1.82, 2.24) is 9.97 Å². The molecule has 4 rings (SSSR count). The quantitative estimate of drug-likeness (QED) is 0.261. The Bertz CT molecular complexity index is 1070. The molecule has 0 unspecified atom stereocenters. The summed E-state index contributed by atoms with van der Waals surface area (Å²) < 4.78 is 0. The van der Waals surface area contributed by atoms with Crippen molar-refractivity contribution in [2.45, 2.75) is 0 Å². The Hall–Kier alpha value is -4.38. The average molecular weight is 426 g/mol. The number of hydrogen-bond acceptors (Lipinski definition) is 5. The Kier molecular flexibility index (Phi) is 9.22. The topological polar surface area (TPSA) is 78.3 Å². The summed E-state index contributed by atoms with van der Waals surface area (Å²) in [6.45, 7) is 9.51. The van der Waals surface area contributed by atoms with Gasteiger partial charge in [0.05, 0.1) is 11.4 Å². The summed E-state index contributed by atoms with van der Waals surface area (Å²) >= 11 is 0. The molecule has 4 aromatic rings. The van der Waals surface area contributed by atoms with Gasteiger partial charge in [-0.05, 0) is 23.8 Å². The molecule has 0 radical (unpaired) electrons. The Morgan fingerprint density at radius 1 is 0.719 bits per heavy atom. The van der Waals surface area contributed by atoms with Gasteiger partial charge in [0.25, 0.3) is 0 Å². The Morgan fingerprint density at radius 2 is 1.22 bits per heavy atom. The first-order valence-electron chi connectivity index (χ1n) is 9.93. The minimum absolute atomic E-state index is 0.106. The number of aromatic nitrogens is 2. The van der Waals surface area contributed by atoms with E-state index >= 15 is 0 Å². The molecule has 0 amide bonds. The number of aromatic hydroxyl groups is 2. The van der Waals surface area contributed by atoms with Gasteiger partial charge in [0.2, 0.25) is 5.95 Å². The zero-order chi connectivity index (χ0) is 23.3. The highest BCUT2D eigenvalue weighted by Crippen LogP contribution is 2.25. The molecule has 0 saturated carbocycles. The molecular weight excluding hydrogens is 398 g/mol. The summed E-state index contributed by atoms with van der Waals surface area (Å²) in [5, 5.41) is 20.8. The van der Waals surface area contributed by atoms with Crippen molar-refractivity contribution in [1.29, 1.82) is 0 Å². The van der Waals surface area contributed by atoms with E-state index in [9.17, 15) is 0 Å². The molecule has 0 aliphatic heterocycles. The molecule has 1 heterocycles. The molecule has 0 spiro atoms. The van der Waals surface area contributed by atoms with Crippen molar-refractivity contribution < 1.29 is 10.2 Å². The van der Waals surface area contributed by atoms with Crippen molar-refractivity contribution >= 4 is 12.0 Å². The lowest BCUT2D eigenvalue weighted by atomic mass is 10.1. The van der Waals surface area contributed by atoms with Gasteiger partial charge in [-0.3, -0.25) is 0 Å². The Labute approximate surface area is 189 Å². The normalized spacial score (nSPS) is 9.41. The smallest absolute Gasteiger partial charge is 0.223 e. The fourth-order valence-corrected chi connectivity index (χ4v) is 2.74. The standard InChI is InChI=1S/C17H15N3.C8H8O2.C2H4/c1-18-17-19-15(13-8-4-2-5-9-13)12-16(20-17)14-10-6-3-7-11-14;1-2-6-3-4-7(9)8(10)5-6;1-2/h2-12H,1H3,(H,18,19,20);2-5,9-10H,1H2;1-2H2. The summed E-state index contributed by atoms with van der Waals surface area (Å²) in [6.07, 6.45) is 1.60. The van der Waals surface area contributed by atoms with Crippen molar-refractivity contribution in [3.63, 3.8) is 0 Å². The summed E-state index contributed by atoms with van der Waals surface area (Å²) in [5.74, 6) is 0.410. The fraction of sp³-hybridized carbons (Fsp3) is 0.0370. The molecule has 1 aromatic heterocycles. The average Bonchev–Trinajstić information content (AvgIpc) is 2.88. The number of phenolic OH excluding ortho intramolecular Hbond substituents is 2. The zero-order valence-corrected chi connectivity index (χ0v) is 18.1. The van der Waals surface area contributed by atoms with Crippen LogP contribution in [0, 0.1) is 0 Å². The van der Waals surface area contributed by atoms with Gasteiger partial charge >= 0.3 is 0 Å². The first-order chi connectivity index (χ1) is 15.6. The van der Waals surface area contributed by atoms with Crippen LogP contribution in [0.4, 0.5) is 5.95 Å². The van der Waals surface area contributed by atoms with E-state index in [2.05, 4.69) is 59.3 Å². The van der Waals surface area contributed by atoms with Gasteiger partial charge in [0.15, 0.2) is 11.5 Å². The second-order valence-electron chi connectivity index (χ2n) is 6.40. The largest absolute Gasteiger partial charge is 0.504 e. The van der Waals surface area contributed by atoms with Crippen LogP contribution in [-0.2, 0) is 0 Å². The molecule has 0 aliphatic rings. The molecular formula is C27H27N3O2. The van der Waals surface area contributed by atoms with Crippen LogP contribution in [-0.4, -0.2) is 27.2 Å². The molecule has 162 valence electrons. The minimum Gasteiger partial charge on any atom is -0.504 e. The SMILES string of the molecule is C=C.C=Cc1ccc(O)c(O)c1.CNc1nc(-c2ccccc2)cc(-c2ccccc2)n1. The lowest BCUT2D eigenvalue weighted by Crippen LogP contribution is -1.99. The lowest BCUT2D eigenvalue weighted by molar-refractivity contribution is 0.403. The summed E-state index contributed by atoms with van der Waals surface area (Å²) in [5.41, 5.74) is 4.80. The zero-order valence-electron chi connectivity index (χ0n) is 18.1. The summed E-state index contributed by atoms with van der Waals surface area (Å²) in [7, 11) is 1.83. The van der Waals surface area contributed by atoms with E-state index in [4.69, 9.17) is 10.2 Å². The van der Waals surface area contributed by atoms with Gasteiger partial charge in [-0.1, -0.05) is 79.4 Å². The predicted octanol–water partition coefficient (Wildman–Crippen LogP) is 6.40. The van der Waals surface area contributed by atoms with Crippen LogP contribution in [0.3, 0.4) is 0 Å². The third-order valence-electron chi connectivity index (χ3n) is 4.32. The third-order valence-corrected chi connectivity index (χ3v) is 4.32. The monoisotopic (exact) mass is 425 g/mol.